The molecule has 0 aromatic carbocycles. The Labute approximate surface area is 212 Å². The maximum Gasteiger partial charge on any atom is 0.0937 e. The van der Waals surface area contributed by atoms with Gasteiger partial charge in [0, 0.05) is 11.3 Å². The summed E-state index contributed by atoms with van der Waals surface area (Å²) >= 11 is 7.28. The topological polar surface area (TPSA) is 69.9 Å². The molecule has 34 heavy (non-hydrogen) atoms. The Morgan fingerprint density at radius 2 is 1.85 bits per heavy atom. The van der Waals surface area contributed by atoms with Gasteiger partial charge in [-0.25, -0.2) is 0 Å². The van der Waals surface area contributed by atoms with Crippen molar-refractivity contribution in [1.29, 1.82) is 0 Å². The first kappa shape index (κ1) is 26.9. The van der Waals surface area contributed by atoms with Gasteiger partial charge in [-0.2, -0.15) is 0 Å². The summed E-state index contributed by atoms with van der Waals surface area (Å²) < 4.78 is 6.88. The van der Waals surface area contributed by atoms with Crippen LogP contribution in [0.3, 0.4) is 0 Å². The van der Waals surface area contributed by atoms with Gasteiger partial charge in [-0.15, -0.1) is 11.6 Å². The van der Waals surface area contributed by atoms with Gasteiger partial charge >= 0.3 is 0 Å². The summed E-state index contributed by atoms with van der Waals surface area (Å²) in [5, 5.41) is 33.6. The van der Waals surface area contributed by atoms with E-state index in [1.54, 1.807) is 0 Å². The standard InChI is InChI=1S/C29H49ClO4/c1-8-22-26(5)11-10-20(31)13-19(26)14-24(30)29(22)25-21(32)15-23(27(25,6)16-34-29)28(7,33)12-9-18(4)17(2)3/h17,19-25,31-33H,4,8-16H2,1-3,5-7H3. The molecular weight excluding hydrogens is 448 g/mol. The highest BCUT2D eigenvalue weighted by Gasteiger charge is 2.74. The number of aliphatic hydroxyl groups excluding tert-OH is 2. The van der Waals surface area contributed by atoms with E-state index in [1.165, 1.54) is 0 Å². The quantitative estimate of drug-likeness (QED) is 0.325. The van der Waals surface area contributed by atoms with Crippen molar-refractivity contribution in [1.82, 2.24) is 0 Å². The Kier molecular flexibility index (Phi) is 7.13. The second-order valence-electron chi connectivity index (χ2n) is 13.4. The lowest BCUT2D eigenvalue weighted by Gasteiger charge is -2.62. The third-order valence-electron chi connectivity index (χ3n) is 11.2. The number of aliphatic hydroxyl groups is 3. The van der Waals surface area contributed by atoms with Crippen LogP contribution in [0.1, 0.15) is 92.9 Å². The Hall–Kier alpha value is -0.130. The van der Waals surface area contributed by atoms with E-state index in [2.05, 4.69) is 41.2 Å². The van der Waals surface area contributed by atoms with E-state index in [-0.39, 0.29) is 40.1 Å². The van der Waals surface area contributed by atoms with E-state index in [4.69, 9.17) is 16.3 Å². The van der Waals surface area contributed by atoms with E-state index in [1.807, 2.05) is 6.92 Å². The largest absolute Gasteiger partial charge is 0.393 e. The molecule has 4 rings (SSSR count). The maximum atomic E-state index is 11.7. The molecule has 3 aliphatic carbocycles. The van der Waals surface area contributed by atoms with Crippen LogP contribution < -0.4 is 0 Å². The predicted octanol–water partition coefficient (Wildman–Crippen LogP) is 5.71. The molecule has 1 heterocycles. The number of ether oxygens (including phenoxy) is 1. The molecule has 1 spiro atoms. The maximum absolute atomic E-state index is 11.7. The molecule has 0 aromatic rings. The number of hydrogen-bond acceptors (Lipinski definition) is 4. The summed E-state index contributed by atoms with van der Waals surface area (Å²) in [7, 11) is 0. The van der Waals surface area contributed by atoms with Crippen LogP contribution >= 0.6 is 11.6 Å². The lowest BCUT2D eigenvalue weighted by Crippen LogP contribution is -2.65. The molecule has 11 atom stereocenters. The van der Waals surface area contributed by atoms with Crippen molar-refractivity contribution in [3.05, 3.63) is 12.2 Å². The second kappa shape index (κ2) is 9.01. The normalized spacial score (nSPS) is 50.3. The number of fused-ring (bicyclic) bond motifs is 3. The molecule has 3 N–H and O–H groups in total. The average molecular weight is 497 g/mol. The Balaban J connectivity index is 1.67. The molecule has 5 heteroatoms. The molecule has 1 saturated heterocycles. The molecule has 4 aliphatic rings. The number of alkyl halides is 1. The van der Waals surface area contributed by atoms with Crippen LogP contribution in [0.2, 0.25) is 0 Å². The highest BCUT2D eigenvalue weighted by atomic mass is 35.5. The van der Waals surface area contributed by atoms with Crippen molar-refractivity contribution in [3.63, 3.8) is 0 Å². The lowest BCUT2D eigenvalue weighted by molar-refractivity contribution is -0.189. The van der Waals surface area contributed by atoms with Gasteiger partial charge in [0.15, 0.2) is 0 Å². The zero-order chi connectivity index (χ0) is 25.3. The number of hydrogen-bond donors (Lipinski definition) is 3. The summed E-state index contributed by atoms with van der Waals surface area (Å²) in [5.74, 6) is 0.851. The van der Waals surface area contributed by atoms with E-state index in [9.17, 15) is 15.3 Å². The van der Waals surface area contributed by atoms with Gasteiger partial charge < -0.3 is 20.1 Å². The average Bonchev–Trinajstić information content (AvgIpc) is 3.21. The summed E-state index contributed by atoms with van der Waals surface area (Å²) in [6.07, 6.45) is 5.64. The Morgan fingerprint density at radius 1 is 1.18 bits per heavy atom. The van der Waals surface area contributed by atoms with E-state index < -0.39 is 17.3 Å². The van der Waals surface area contributed by atoms with E-state index in [0.29, 0.717) is 31.3 Å². The molecule has 4 nitrogen and oxygen atoms in total. The fourth-order valence-electron chi connectivity index (χ4n) is 9.30. The SMILES string of the molecule is C=C(CCC(C)(O)C1CC(O)C2C1(C)COC21C(Cl)CC2CC(O)CCC2(C)C1CC)C(C)C. The van der Waals surface area contributed by atoms with Gasteiger partial charge in [0.25, 0.3) is 0 Å². The molecule has 1 aliphatic heterocycles. The van der Waals surface area contributed by atoms with Crippen molar-refractivity contribution in [2.75, 3.05) is 6.61 Å². The molecular formula is C29H49ClO4. The van der Waals surface area contributed by atoms with Gasteiger partial charge in [0.05, 0.1) is 35.4 Å². The molecule has 11 unspecified atom stereocenters. The summed E-state index contributed by atoms with van der Waals surface area (Å²) in [6.45, 7) is 17.8. The molecule has 3 saturated carbocycles. The van der Waals surface area contributed by atoms with Crippen LogP contribution in [0.15, 0.2) is 12.2 Å². The van der Waals surface area contributed by atoms with Gasteiger partial charge in [0.2, 0.25) is 0 Å². The molecule has 4 fully saturated rings. The van der Waals surface area contributed by atoms with Crippen molar-refractivity contribution in [3.8, 4) is 0 Å². The molecule has 0 bridgehead atoms. The summed E-state index contributed by atoms with van der Waals surface area (Å²) in [4.78, 5) is 0. The van der Waals surface area contributed by atoms with Crippen molar-refractivity contribution in [2.24, 2.45) is 40.4 Å². The summed E-state index contributed by atoms with van der Waals surface area (Å²) in [6, 6.07) is 0. The van der Waals surface area contributed by atoms with Gasteiger partial charge in [0.1, 0.15) is 0 Å². The van der Waals surface area contributed by atoms with Crippen molar-refractivity contribution < 1.29 is 20.1 Å². The molecule has 0 aromatic heterocycles. The van der Waals surface area contributed by atoms with Crippen LogP contribution in [0.5, 0.6) is 0 Å². The minimum absolute atomic E-state index is 0.0416. The van der Waals surface area contributed by atoms with Crippen LogP contribution in [-0.4, -0.2) is 50.7 Å². The van der Waals surface area contributed by atoms with E-state index in [0.717, 1.165) is 44.1 Å². The first-order valence-corrected chi connectivity index (χ1v) is 14.2. The Morgan fingerprint density at radius 3 is 2.47 bits per heavy atom. The van der Waals surface area contributed by atoms with Crippen molar-refractivity contribution >= 4 is 11.6 Å². The fourth-order valence-corrected chi connectivity index (χ4v) is 9.86. The van der Waals surface area contributed by atoms with Gasteiger partial charge in [-0.05, 0) is 87.4 Å². The van der Waals surface area contributed by atoms with Gasteiger partial charge in [-0.3, -0.25) is 0 Å². The zero-order valence-corrected chi connectivity index (χ0v) is 23.1. The molecule has 0 radical (unpaired) electrons. The van der Waals surface area contributed by atoms with Crippen molar-refractivity contribution in [2.45, 2.75) is 122 Å². The third-order valence-corrected chi connectivity index (χ3v) is 11.8. The van der Waals surface area contributed by atoms with Crippen LogP contribution in [0.25, 0.3) is 0 Å². The zero-order valence-electron chi connectivity index (χ0n) is 22.3. The first-order chi connectivity index (χ1) is 15.7. The van der Waals surface area contributed by atoms with Crippen LogP contribution in [-0.2, 0) is 4.74 Å². The molecule has 196 valence electrons. The van der Waals surface area contributed by atoms with E-state index >= 15 is 0 Å². The highest BCUT2D eigenvalue weighted by Crippen LogP contribution is 2.70. The smallest absolute Gasteiger partial charge is 0.0937 e. The number of allylic oxidation sites excluding steroid dienone is 1. The lowest BCUT2D eigenvalue weighted by atomic mass is 9.46. The van der Waals surface area contributed by atoms with Crippen LogP contribution in [0, 0.1) is 40.4 Å². The van der Waals surface area contributed by atoms with Crippen LogP contribution in [0.4, 0.5) is 0 Å². The monoisotopic (exact) mass is 496 g/mol. The van der Waals surface area contributed by atoms with Gasteiger partial charge in [-0.1, -0.05) is 46.8 Å². The third kappa shape index (κ3) is 3.85. The summed E-state index contributed by atoms with van der Waals surface area (Å²) in [5.41, 5.74) is -0.626. The Bertz CT molecular complexity index is 782. The minimum Gasteiger partial charge on any atom is -0.393 e. The number of rotatable bonds is 6. The number of halogens is 1. The molecule has 0 amide bonds. The minimum atomic E-state index is -0.906. The fraction of sp³-hybridized carbons (Fsp3) is 0.931. The highest BCUT2D eigenvalue weighted by molar-refractivity contribution is 6.21. The first-order valence-electron chi connectivity index (χ1n) is 13.8. The second-order valence-corrected chi connectivity index (χ2v) is 14.0. The predicted molar refractivity (Wildman–Crippen MR) is 138 cm³/mol.